The van der Waals surface area contributed by atoms with Crippen molar-refractivity contribution < 1.29 is 9.47 Å². The Morgan fingerprint density at radius 3 is 3.10 bits per heavy atom. The van der Waals surface area contributed by atoms with Crippen molar-refractivity contribution in [3.05, 3.63) is 27.6 Å². The lowest BCUT2D eigenvalue weighted by Gasteiger charge is -2.37. The van der Waals surface area contributed by atoms with Crippen LogP contribution in [0, 0.1) is 6.92 Å². The number of ether oxygens (including phenoxy) is 2. The van der Waals surface area contributed by atoms with Gasteiger partial charge in [-0.15, -0.1) is 11.3 Å². The summed E-state index contributed by atoms with van der Waals surface area (Å²) >= 11 is 1.47. The van der Waals surface area contributed by atoms with Crippen molar-refractivity contribution in [2.75, 3.05) is 13.2 Å². The summed E-state index contributed by atoms with van der Waals surface area (Å²) in [6.45, 7) is 3.95. The Kier molecular flexibility index (Phi) is 2.73. The highest BCUT2D eigenvalue weighted by Crippen LogP contribution is 2.36. The van der Waals surface area contributed by atoms with Crippen LogP contribution in [0.1, 0.15) is 18.4 Å². The maximum Gasteiger partial charge on any atom is 0.271 e. The Bertz CT molecular complexity index is 717. The quantitative estimate of drug-likeness (QED) is 0.845. The Hall–Kier alpha value is -1.24. The maximum atomic E-state index is 12.4. The van der Waals surface area contributed by atoms with E-state index in [1.165, 1.54) is 11.3 Å². The molecule has 0 aliphatic carbocycles. The minimum Gasteiger partial charge on any atom is -0.375 e. The number of rotatable bonds is 2. The summed E-state index contributed by atoms with van der Waals surface area (Å²) in [5.41, 5.74) is 1.87. The molecule has 0 N–H and O–H groups in total. The lowest BCUT2D eigenvalue weighted by atomic mass is 9.98. The predicted molar refractivity (Wildman–Crippen MR) is 76.3 cm³/mol. The molecule has 2 fully saturated rings. The van der Waals surface area contributed by atoms with Crippen molar-refractivity contribution in [1.29, 1.82) is 0 Å². The van der Waals surface area contributed by atoms with Crippen molar-refractivity contribution >= 4 is 21.6 Å². The largest absolute Gasteiger partial charge is 0.375 e. The third kappa shape index (κ3) is 1.82. The van der Waals surface area contributed by atoms with Gasteiger partial charge in [-0.2, -0.15) is 0 Å². The van der Waals surface area contributed by atoms with Crippen LogP contribution in [0.2, 0.25) is 0 Å². The zero-order valence-corrected chi connectivity index (χ0v) is 12.1. The van der Waals surface area contributed by atoms with Crippen LogP contribution in [0.3, 0.4) is 0 Å². The molecule has 0 saturated carbocycles. The molecule has 2 aliphatic heterocycles. The fourth-order valence-corrected chi connectivity index (χ4v) is 3.93. The summed E-state index contributed by atoms with van der Waals surface area (Å²) in [5.74, 6) is 0. The second kappa shape index (κ2) is 4.38. The van der Waals surface area contributed by atoms with Gasteiger partial charge in [0.15, 0.2) is 0 Å². The summed E-state index contributed by atoms with van der Waals surface area (Å²) in [6, 6.07) is 0. The predicted octanol–water partition coefficient (Wildman–Crippen LogP) is 1.71. The van der Waals surface area contributed by atoms with Crippen LogP contribution in [0.15, 0.2) is 16.5 Å². The molecule has 2 aromatic rings. The first-order valence-electron chi connectivity index (χ1n) is 6.86. The second-order valence-corrected chi connectivity index (χ2v) is 6.63. The van der Waals surface area contributed by atoms with Crippen LogP contribution >= 0.6 is 11.3 Å². The van der Waals surface area contributed by atoms with E-state index >= 15 is 0 Å². The number of thiophene rings is 1. The topological polar surface area (TPSA) is 53.4 Å². The third-order valence-electron chi connectivity index (χ3n) is 4.19. The summed E-state index contributed by atoms with van der Waals surface area (Å²) in [4.78, 5) is 16.8. The van der Waals surface area contributed by atoms with Gasteiger partial charge in [0.05, 0.1) is 37.7 Å². The smallest absolute Gasteiger partial charge is 0.271 e. The van der Waals surface area contributed by atoms with Gasteiger partial charge in [-0.05, 0) is 30.7 Å². The van der Waals surface area contributed by atoms with Gasteiger partial charge >= 0.3 is 0 Å². The van der Waals surface area contributed by atoms with Gasteiger partial charge in [0, 0.05) is 0 Å². The van der Waals surface area contributed by atoms with Crippen LogP contribution in [0.25, 0.3) is 10.2 Å². The van der Waals surface area contributed by atoms with Crippen LogP contribution < -0.4 is 5.56 Å². The highest BCUT2D eigenvalue weighted by atomic mass is 32.1. The van der Waals surface area contributed by atoms with Gasteiger partial charge in [-0.1, -0.05) is 0 Å². The van der Waals surface area contributed by atoms with Gasteiger partial charge in [-0.3, -0.25) is 9.36 Å². The monoisotopic (exact) mass is 292 g/mol. The molecule has 2 aromatic heterocycles. The molecule has 1 atom stereocenters. The van der Waals surface area contributed by atoms with Crippen molar-refractivity contribution in [2.24, 2.45) is 0 Å². The van der Waals surface area contributed by atoms with E-state index in [0.29, 0.717) is 19.8 Å². The van der Waals surface area contributed by atoms with Gasteiger partial charge in [0.25, 0.3) is 5.56 Å². The molecule has 2 saturated heterocycles. The van der Waals surface area contributed by atoms with Crippen molar-refractivity contribution in [3.8, 4) is 0 Å². The van der Waals surface area contributed by atoms with Gasteiger partial charge < -0.3 is 9.47 Å². The lowest BCUT2D eigenvalue weighted by Crippen LogP contribution is -2.49. The molecule has 20 heavy (non-hydrogen) atoms. The molecule has 2 aliphatic rings. The molecule has 106 valence electrons. The highest BCUT2D eigenvalue weighted by molar-refractivity contribution is 7.17. The molecular weight excluding hydrogens is 276 g/mol. The van der Waals surface area contributed by atoms with E-state index in [1.807, 2.05) is 12.3 Å². The fraction of sp³-hybridized carbons (Fsp3) is 0.571. The van der Waals surface area contributed by atoms with Gasteiger partial charge in [0.1, 0.15) is 10.3 Å². The van der Waals surface area contributed by atoms with E-state index in [9.17, 15) is 4.79 Å². The lowest BCUT2D eigenvalue weighted by molar-refractivity contribution is -0.201. The third-order valence-corrected chi connectivity index (χ3v) is 5.27. The van der Waals surface area contributed by atoms with Crippen LogP contribution in [0.4, 0.5) is 0 Å². The van der Waals surface area contributed by atoms with Crippen molar-refractivity contribution in [2.45, 2.75) is 38.0 Å². The highest BCUT2D eigenvalue weighted by Gasteiger charge is 2.46. The first-order valence-corrected chi connectivity index (χ1v) is 7.74. The standard InChI is InChI=1S/C14H16N2O3S/c1-9-5-20-12-11(9)15-8-16(13(12)17)4-10-2-3-14(19-10)6-18-7-14/h5,8,10H,2-4,6-7H2,1H3. The number of hydrogen-bond donors (Lipinski definition) is 0. The van der Waals surface area contributed by atoms with Gasteiger partial charge in [-0.25, -0.2) is 4.98 Å². The van der Waals surface area contributed by atoms with E-state index in [1.54, 1.807) is 10.9 Å². The van der Waals surface area contributed by atoms with Crippen LogP contribution in [-0.2, 0) is 16.0 Å². The average molecular weight is 292 g/mol. The first kappa shape index (κ1) is 12.5. The molecule has 4 rings (SSSR count). The minimum absolute atomic E-state index is 0.0440. The molecule has 0 amide bonds. The van der Waals surface area contributed by atoms with E-state index in [0.717, 1.165) is 28.6 Å². The molecular formula is C14H16N2O3S. The Morgan fingerprint density at radius 2 is 2.40 bits per heavy atom. The van der Waals surface area contributed by atoms with E-state index in [2.05, 4.69) is 4.98 Å². The Labute approximate surface area is 120 Å². The SMILES string of the molecule is Cc1csc2c(=O)n(CC3CCC4(COC4)O3)cnc12. The van der Waals surface area contributed by atoms with Crippen LogP contribution in [-0.4, -0.2) is 34.5 Å². The van der Waals surface area contributed by atoms with Gasteiger partial charge in [0.2, 0.25) is 0 Å². The van der Waals surface area contributed by atoms with E-state index in [4.69, 9.17) is 9.47 Å². The number of hydrogen-bond acceptors (Lipinski definition) is 5. The molecule has 0 radical (unpaired) electrons. The molecule has 1 unspecified atom stereocenters. The summed E-state index contributed by atoms with van der Waals surface area (Å²) in [5, 5.41) is 1.98. The first-order chi connectivity index (χ1) is 9.67. The molecule has 4 heterocycles. The molecule has 1 spiro atoms. The summed E-state index contributed by atoms with van der Waals surface area (Å²) < 4.78 is 13.7. The van der Waals surface area contributed by atoms with Crippen LogP contribution in [0.5, 0.6) is 0 Å². The fourth-order valence-electron chi connectivity index (χ4n) is 2.98. The Balaban J connectivity index is 1.60. The van der Waals surface area contributed by atoms with E-state index < -0.39 is 0 Å². The molecule has 0 aromatic carbocycles. The number of aryl methyl sites for hydroxylation is 1. The normalized spacial score (nSPS) is 24.4. The van der Waals surface area contributed by atoms with Crippen molar-refractivity contribution in [1.82, 2.24) is 9.55 Å². The molecule has 6 heteroatoms. The minimum atomic E-state index is -0.0642. The number of aromatic nitrogens is 2. The second-order valence-electron chi connectivity index (χ2n) is 5.75. The zero-order chi connectivity index (χ0) is 13.7. The summed E-state index contributed by atoms with van der Waals surface area (Å²) in [6.07, 6.45) is 3.75. The maximum absolute atomic E-state index is 12.4. The van der Waals surface area contributed by atoms with Crippen molar-refractivity contribution in [3.63, 3.8) is 0 Å². The summed E-state index contributed by atoms with van der Waals surface area (Å²) in [7, 11) is 0. The zero-order valence-electron chi connectivity index (χ0n) is 11.3. The molecule has 0 bridgehead atoms. The molecule has 5 nitrogen and oxygen atoms in total. The Morgan fingerprint density at radius 1 is 1.55 bits per heavy atom. The van der Waals surface area contributed by atoms with E-state index in [-0.39, 0.29) is 17.3 Å². The number of fused-ring (bicyclic) bond motifs is 1. The average Bonchev–Trinajstić information content (AvgIpc) is 2.98. The number of nitrogens with zero attached hydrogens (tertiary/aromatic N) is 2.